The predicted molar refractivity (Wildman–Crippen MR) is 37.1 cm³/mol. The zero-order valence-electron chi connectivity index (χ0n) is 6.32. The third-order valence-electron chi connectivity index (χ3n) is 2.00. The van der Waals surface area contributed by atoms with Crippen molar-refractivity contribution in [3.8, 4) is 0 Å². The molecule has 0 aromatic rings. The summed E-state index contributed by atoms with van der Waals surface area (Å²) in [6.07, 6.45) is 2.44. The maximum absolute atomic E-state index is 13.0. The van der Waals surface area contributed by atoms with Gasteiger partial charge in [-0.2, -0.15) is 0 Å². The largest absolute Gasteiger partial charge is 0.236 e. The van der Waals surface area contributed by atoms with E-state index in [1.807, 2.05) is 6.92 Å². The van der Waals surface area contributed by atoms with Crippen LogP contribution < -0.4 is 0 Å². The summed E-state index contributed by atoms with van der Waals surface area (Å²) in [6, 6.07) is 0. The van der Waals surface area contributed by atoms with Gasteiger partial charge in [-0.05, 0) is 31.8 Å². The molecule has 0 saturated carbocycles. The van der Waals surface area contributed by atoms with Crippen LogP contribution >= 0.6 is 0 Å². The first-order valence-electron chi connectivity index (χ1n) is 3.59. The van der Waals surface area contributed by atoms with Crippen LogP contribution in [0.1, 0.15) is 26.7 Å². The molecule has 0 spiro atoms. The first-order valence-corrected chi connectivity index (χ1v) is 3.59. The SMILES string of the molecule is CC1C=C(F)C(C)(F)CC1. The molecule has 0 saturated heterocycles. The molecular formula is C8H12F2. The van der Waals surface area contributed by atoms with Gasteiger partial charge in [0.1, 0.15) is 5.83 Å². The molecule has 2 heteroatoms. The summed E-state index contributed by atoms with van der Waals surface area (Å²) in [5, 5.41) is 0. The fraction of sp³-hybridized carbons (Fsp3) is 0.750. The summed E-state index contributed by atoms with van der Waals surface area (Å²) < 4.78 is 25.7. The molecule has 0 nitrogen and oxygen atoms in total. The number of rotatable bonds is 0. The van der Waals surface area contributed by atoms with Crippen molar-refractivity contribution in [2.45, 2.75) is 32.4 Å². The Morgan fingerprint density at radius 3 is 2.70 bits per heavy atom. The standard InChI is InChI=1S/C8H12F2/c1-6-3-4-8(2,10)7(9)5-6/h5-6H,3-4H2,1-2H3. The second-order valence-corrected chi connectivity index (χ2v) is 3.23. The van der Waals surface area contributed by atoms with Crippen LogP contribution in [0.3, 0.4) is 0 Å². The van der Waals surface area contributed by atoms with Gasteiger partial charge in [-0.3, -0.25) is 0 Å². The van der Waals surface area contributed by atoms with Crippen LogP contribution in [0, 0.1) is 5.92 Å². The Hall–Kier alpha value is -0.400. The van der Waals surface area contributed by atoms with Crippen LogP contribution in [0.25, 0.3) is 0 Å². The molecule has 1 aliphatic rings. The highest BCUT2D eigenvalue weighted by molar-refractivity contribution is 5.12. The smallest absolute Gasteiger partial charge is 0.159 e. The number of hydrogen-bond acceptors (Lipinski definition) is 0. The number of halogens is 2. The molecule has 1 rings (SSSR count). The van der Waals surface area contributed by atoms with Crippen molar-refractivity contribution in [1.82, 2.24) is 0 Å². The number of hydrogen-bond donors (Lipinski definition) is 0. The first-order chi connectivity index (χ1) is 4.52. The minimum atomic E-state index is -1.69. The lowest BCUT2D eigenvalue weighted by molar-refractivity contribution is 0.161. The van der Waals surface area contributed by atoms with Crippen molar-refractivity contribution in [2.24, 2.45) is 5.92 Å². The van der Waals surface area contributed by atoms with Gasteiger partial charge < -0.3 is 0 Å². The zero-order chi connectivity index (χ0) is 7.78. The summed E-state index contributed by atoms with van der Waals surface area (Å²) in [4.78, 5) is 0. The molecule has 0 aromatic carbocycles. The van der Waals surface area contributed by atoms with Crippen molar-refractivity contribution in [2.75, 3.05) is 0 Å². The third kappa shape index (κ3) is 1.36. The van der Waals surface area contributed by atoms with Gasteiger partial charge in [-0.15, -0.1) is 0 Å². The second kappa shape index (κ2) is 2.33. The molecule has 0 N–H and O–H groups in total. The van der Waals surface area contributed by atoms with Gasteiger partial charge in [-0.25, -0.2) is 8.78 Å². The Morgan fingerprint density at radius 2 is 2.30 bits per heavy atom. The van der Waals surface area contributed by atoms with E-state index in [0.717, 1.165) is 6.42 Å². The molecule has 2 unspecified atom stereocenters. The highest BCUT2D eigenvalue weighted by Crippen LogP contribution is 2.35. The van der Waals surface area contributed by atoms with Gasteiger partial charge in [0.05, 0.1) is 0 Å². The average Bonchev–Trinajstić information content (AvgIpc) is 1.81. The van der Waals surface area contributed by atoms with E-state index < -0.39 is 11.5 Å². The van der Waals surface area contributed by atoms with Crippen molar-refractivity contribution >= 4 is 0 Å². The van der Waals surface area contributed by atoms with Crippen LogP contribution in [0.5, 0.6) is 0 Å². The third-order valence-corrected chi connectivity index (χ3v) is 2.00. The van der Waals surface area contributed by atoms with Crippen molar-refractivity contribution < 1.29 is 8.78 Å². The van der Waals surface area contributed by atoms with Crippen LogP contribution in [0.2, 0.25) is 0 Å². The van der Waals surface area contributed by atoms with E-state index >= 15 is 0 Å². The Labute approximate surface area is 59.9 Å². The summed E-state index contributed by atoms with van der Waals surface area (Å²) in [5.74, 6) is -0.393. The van der Waals surface area contributed by atoms with Gasteiger partial charge in [0.15, 0.2) is 5.67 Å². The fourth-order valence-electron chi connectivity index (χ4n) is 1.13. The molecule has 0 radical (unpaired) electrons. The highest BCUT2D eigenvalue weighted by Gasteiger charge is 2.32. The van der Waals surface area contributed by atoms with E-state index in [0.29, 0.717) is 6.42 Å². The van der Waals surface area contributed by atoms with Gasteiger partial charge >= 0.3 is 0 Å². The lowest BCUT2D eigenvalue weighted by Gasteiger charge is -2.25. The van der Waals surface area contributed by atoms with E-state index in [1.54, 1.807) is 0 Å². The summed E-state index contributed by atoms with van der Waals surface area (Å²) in [6.45, 7) is 3.19. The molecule has 0 heterocycles. The summed E-state index contributed by atoms with van der Waals surface area (Å²) in [5.41, 5.74) is -1.69. The summed E-state index contributed by atoms with van der Waals surface area (Å²) >= 11 is 0. The molecule has 1 aliphatic carbocycles. The monoisotopic (exact) mass is 146 g/mol. The quantitative estimate of drug-likeness (QED) is 0.492. The van der Waals surface area contributed by atoms with Crippen LogP contribution in [-0.2, 0) is 0 Å². The fourth-order valence-corrected chi connectivity index (χ4v) is 1.13. The maximum atomic E-state index is 13.0. The molecule has 0 amide bonds. The molecule has 10 heavy (non-hydrogen) atoms. The molecular weight excluding hydrogens is 134 g/mol. The minimum Gasteiger partial charge on any atom is -0.236 e. The molecule has 0 aliphatic heterocycles. The zero-order valence-corrected chi connectivity index (χ0v) is 6.32. The Balaban J connectivity index is 2.78. The van der Waals surface area contributed by atoms with E-state index in [1.165, 1.54) is 13.0 Å². The Bertz CT molecular complexity index is 159. The maximum Gasteiger partial charge on any atom is 0.159 e. The number of allylic oxidation sites excluding steroid dienone is 2. The van der Waals surface area contributed by atoms with Gasteiger partial charge in [0, 0.05) is 0 Å². The lowest BCUT2D eigenvalue weighted by atomic mass is 9.88. The lowest BCUT2D eigenvalue weighted by Crippen LogP contribution is -2.23. The van der Waals surface area contributed by atoms with Crippen molar-refractivity contribution in [3.63, 3.8) is 0 Å². The normalized spacial score (nSPS) is 41.2. The molecule has 0 aromatic heterocycles. The van der Waals surface area contributed by atoms with Gasteiger partial charge in [0.25, 0.3) is 0 Å². The summed E-state index contributed by atoms with van der Waals surface area (Å²) in [7, 11) is 0. The van der Waals surface area contributed by atoms with E-state index in [9.17, 15) is 8.78 Å². The van der Waals surface area contributed by atoms with Crippen molar-refractivity contribution in [1.29, 1.82) is 0 Å². The Morgan fingerprint density at radius 1 is 1.70 bits per heavy atom. The average molecular weight is 146 g/mol. The van der Waals surface area contributed by atoms with E-state index in [2.05, 4.69) is 0 Å². The van der Waals surface area contributed by atoms with Crippen LogP contribution in [0.4, 0.5) is 8.78 Å². The van der Waals surface area contributed by atoms with Gasteiger partial charge in [-0.1, -0.05) is 6.92 Å². The van der Waals surface area contributed by atoms with E-state index in [4.69, 9.17) is 0 Å². The second-order valence-electron chi connectivity index (χ2n) is 3.23. The number of alkyl halides is 1. The van der Waals surface area contributed by atoms with E-state index in [-0.39, 0.29) is 5.92 Å². The minimum absolute atomic E-state index is 0.198. The van der Waals surface area contributed by atoms with Crippen molar-refractivity contribution in [3.05, 3.63) is 11.9 Å². The first kappa shape index (κ1) is 7.70. The van der Waals surface area contributed by atoms with Crippen LogP contribution in [-0.4, -0.2) is 5.67 Å². The predicted octanol–water partition coefficient (Wildman–Crippen LogP) is 3.00. The highest BCUT2D eigenvalue weighted by atomic mass is 19.2. The topological polar surface area (TPSA) is 0 Å². The molecule has 0 fully saturated rings. The van der Waals surface area contributed by atoms with Crippen LogP contribution in [0.15, 0.2) is 11.9 Å². The van der Waals surface area contributed by atoms with Gasteiger partial charge in [0.2, 0.25) is 0 Å². The molecule has 58 valence electrons. The molecule has 2 atom stereocenters. The Kier molecular flexibility index (Phi) is 1.80. The molecule has 0 bridgehead atoms.